The number of aryl methyl sites for hydroxylation is 1. The number of aromatic nitrogens is 3. The summed E-state index contributed by atoms with van der Waals surface area (Å²) < 4.78 is 21.7. The van der Waals surface area contributed by atoms with E-state index in [0.29, 0.717) is 12.1 Å². The summed E-state index contributed by atoms with van der Waals surface area (Å²) >= 11 is 0. The van der Waals surface area contributed by atoms with Crippen LogP contribution in [-0.4, -0.2) is 52.8 Å². The Labute approximate surface area is 192 Å². The van der Waals surface area contributed by atoms with Crippen LogP contribution in [0.15, 0.2) is 36.4 Å². The largest absolute Gasteiger partial charge is 0.380 e. The van der Waals surface area contributed by atoms with E-state index >= 15 is 0 Å². The van der Waals surface area contributed by atoms with E-state index in [1.54, 1.807) is 6.07 Å². The molecule has 3 aromatic heterocycles. The van der Waals surface area contributed by atoms with Crippen molar-refractivity contribution in [2.75, 3.05) is 31.2 Å². The van der Waals surface area contributed by atoms with Crippen LogP contribution in [0.4, 0.5) is 10.2 Å². The van der Waals surface area contributed by atoms with Gasteiger partial charge >= 0.3 is 0 Å². The minimum atomic E-state index is -0.228. The lowest BCUT2D eigenvalue weighted by atomic mass is 9.83. The van der Waals surface area contributed by atoms with Crippen LogP contribution in [0.25, 0.3) is 27.6 Å². The summed E-state index contributed by atoms with van der Waals surface area (Å²) in [5.74, 6) is 0.732. The predicted octanol–water partition coefficient (Wildman–Crippen LogP) is 4.33. The van der Waals surface area contributed by atoms with E-state index in [2.05, 4.69) is 53.6 Å². The number of benzene rings is 1. The van der Waals surface area contributed by atoms with Crippen molar-refractivity contribution in [1.29, 1.82) is 0 Å². The van der Waals surface area contributed by atoms with Gasteiger partial charge in [-0.05, 0) is 63.1 Å². The highest BCUT2D eigenvalue weighted by atomic mass is 19.1. The maximum atomic E-state index is 14.1. The molecule has 1 aromatic carbocycles. The molecular formula is C26H30FN5O. The minimum absolute atomic E-state index is 0.212. The van der Waals surface area contributed by atoms with Gasteiger partial charge in [0.25, 0.3) is 0 Å². The van der Waals surface area contributed by atoms with Crippen molar-refractivity contribution >= 4 is 33.4 Å². The highest BCUT2D eigenvalue weighted by molar-refractivity contribution is 5.93. The lowest BCUT2D eigenvalue weighted by Crippen LogP contribution is -2.54. The van der Waals surface area contributed by atoms with Crippen LogP contribution >= 0.6 is 0 Å². The Morgan fingerprint density at radius 3 is 2.58 bits per heavy atom. The Kier molecular flexibility index (Phi) is 4.82. The first-order chi connectivity index (χ1) is 15.9. The first kappa shape index (κ1) is 20.8. The first-order valence-electron chi connectivity index (χ1n) is 11.9. The lowest BCUT2D eigenvalue weighted by molar-refractivity contribution is -0.105. The Bertz CT molecular complexity index is 1350. The van der Waals surface area contributed by atoms with Gasteiger partial charge < -0.3 is 15.0 Å². The normalized spacial score (nSPS) is 22.8. The fourth-order valence-electron chi connectivity index (χ4n) is 5.40. The van der Waals surface area contributed by atoms with Gasteiger partial charge in [-0.3, -0.25) is 4.40 Å². The predicted molar refractivity (Wildman–Crippen MR) is 129 cm³/mol. The number of hydrogen-bond donors (Lipinski definition) is 1. The highest BCUT2D eigenvalue weighted by Gasteiger charge is 2.33. The fourth-order valence-corrected chi connectivity index (χ4v) is 5.40. The second-order valence-electron chi connectivity index (χ2n) is 10.3. The van der Waals surface area contributed by atoms with E-state index in [0.717, 1.165) is 78.2 Å². The van der Waals surface area contributed by atoms with Crippen LogP contribution in [-0.2, 0) is 11.2 Å². The van der Waals surface area contributed by atoms with E-state index in [9.17, 15) is 4.39 Å². The molecular weight excluding hydrogens is 417 g/mol. The topological polar surface area (TPSA) is 54.7 Å². The van der Waals surface area contributed by atoms with Crippen LogP contribution in [0.3, 0.4) is 0 Å². The number of hydrogen-bond acceptors (Lipinski definition) is 5. The zero-order chi connectivity index (χ0) is 22.7. The van der Waals surface area contributed by atoms with Gasteiger partial charge in [-0.1, -0.05) is 6.92 Å². The molecule has 0 unspecified atom stereocenters. The number of piperazine rings is 1. The summed E-state index contributed by atoms with van der Waals surface area (Å²) in [4.78, 5) is 12.5. The van der Waals surface area contributed by atoms with E-state index in [-0.39, 0.29) is 11.2 Å². The van der Waals surface area contributed by atoms with Crippen LogP contribution in [0.1, 0.15) is 32.9 Å². The molecule has 0 amide bonds. The zero-order valence-corrected chi connectivity index (χ0v) is 19.4. The Morgan fingerprint density at radius 2 is 1.85 bits per heavy atom. The average molecular weight is 448 g/mol. The third kappa shape index (κ3) is 3.63. The van der Waals surface area contributed by atoms with E-state index in [1.165, 1.54) is 6.07 Å². The molecule has 2 saturated heterocycles. The molecule has 0 bridgehead atoms. The molecule has 4 aromatic rings. The molecule has 5 heterocycles. The summed E-state index contributed by atoms with van der Waals surface area (Å²) in [5, 5.41) is 4.46. The van der Waals surface area contributed by atoms with Gasteiger partial charge in [0.2, 0.25) is 0 Å². The van der Waals surface area contributed by atoms with Gasteiger partial charge in [0.15, 0.2) is 5.65 Å². The van der Waals surface area contributed by atoms with Gasteiger partial charge in [0, 0.05) is 36.0 Å². The molecule has 172 valence electrons. The highest BCUT2D eigenvalue weighted by Crippen LogP contribution is 2.34. The van der Waals surface area contributed by atoms with Gasteiger partial charge in [-0.25, -0.2) is 14.4 Å². The van der Waals surface area contributed by atoms with E-state index in [1.807, 2.05) is 6.07 Å². The summed E-state index contributed by atoms with van der Waals surface area (Å²) in [5.41, 5.74) is 4.91. The molecule has 1 N–H and O–H groups in total. The van der Waals surface area contributed by atoms with Crippen molar-refractivity contribution in [3.63, 3.8) is 0 Å². The molecule has 0 saturated carbocycles. The number of nitrogens with zero attached hydrogens (tertiary/aromatic N) is 4. The molecule has 2 aliphatic rings. The maximum absolute atomic E-state index is 14.1. The molecule has 6 nitrogen and oxygen atoms in total. The van der Waals surface area contributed by atoms with Crippen molar-refractivity contribution in [1.82, 2.24) is 19.7 Å². The number of fused-ring (bicyclic) bond motifs is 5. The number of halogens is 1. The van der Waals surface area contributed by atoms with Crippen molar-refractivity contribution in [3.8, 4) is 0 Å². The smallest absolute Gasteiger partial charge is 0.166 e. The Morgan fingerprint density at radius 1 is 1.06 bits per heavy atom. The second-order valence-corrected chi connectivity index (χ2v) is 10.3. The average Bonchev–Trinajstić information content (AvgIpc) is 3.14. The first-order valence-corrected chi connectivity index (χ1v) is 11.9. The quantitative estimate of drug-likeness (QED) is 0.505. The second kappa shape index (κ2) is 7.64. The molecule has 33 heavy (non-hydrogen) atoms. The summed E-state index contributed by atoms with van der Waals surface area (Å²) in [7, 11) is 0. The van der Waals surface area contributed by atoms with Crippen LogP contribution in [0, 0.1) is 11.2 Å². The molecule has 6 rings (SSSR count). The minimum Gasteiger partial charge on any atom is -0.380 e. The number of nitrogens with one attached hydrogen (secondary N) is 1. The van der Waals surface area contributed by atoms with Crippen molar-refractivity contribution in [2.45, 2.75) is 45.7 Å². The van der Waals surface area contributed by atoms with Crippen molar-refractivity contribution in [2.24, 2.45) is 5.41 Å². The third-order valence-electron chi connectivity index (χ3n) is 7.11. The Balaban J connectivity index is 1.51. The van der Waals surface area contributed by atoms with Crippen molar-refractivity contribution in [3.05, 3.63) is 47.9 Å². The number of rotatable bonds is 4. The molecule has 0 spiro atoms. The maximum Gasteiger partial charge on any atom is 0.166 e. The Hall–Kier alpha value is -2.77. The molecule has 2 fully saturated rings. The number of ether oxygens (including phenoxy) is 1. The van der Waals surface area contributed by atoms with Crippen LogP contribution < -0.4 is 10.2 Å². The van der Waals surface area contributed by atoms with Gasteiger partial charge in [-0.15, -0.1) is 0 Å². The molecule has 7 heteroatoms. The monoisotopic (exact) mass is 447 g/mol. The fraction of sp³-hybridized carbons (Fsp3) is 0.462. The SMILES string of the molecule is C[C@@H]1CN(c2ccc3nc(CCC4(C)COC4)c4cc5cc(F)ccc5n4c3n2)C[C@H](C)N1. The molecule has 0 radical (unpaired) electrons. The van der Waals surface area contributed by atoms with Gasteiger partial charge in [0.1, 0.15) is 17.2 Å². The summed E-state index contributed by atoms with van der Waals surface area (Å²) in [6, 6.07) is 12.0. The zero-order valence-electron chi connectivity index (χ0n) is 19.4. The molecule has 2 atom stereocenters. The van der Waals surface area contributed by atoms with Crippen LogP contribution in [0.5, 0.6) is 0 Å². The standard InChI is InChI=1S/C26H30FN5O/c1-16-12-31(13-17(2)28-16)24-7-5-21-25(30-24)32-22-6-4-19(27)10-18(22)11-23(32)20(29-21)8-9-26(3)14-33-15-26/h4-7,10-11,16-17,28H,8-9,12-15H2,1-3H3/t16-,17+. The van der Waals surface area contributed by atoms with E-state index in [4.69, 9.17) is 14.7 Å². The molecule has 2 aliphatic heterocycles. The lowest BCUT2D eigenvalue weighted by Gasteiger charge is -2.38. The van der Waals surface area contributed by atoms with Gasteiger partial charge in [0.05, 0.1) is 29.9 Å². The number of anilines is 1. The van der Waals surface area contributed by atoms with Crippen molar-refractivity contribution < 1.29 is 9.13 Å². The number of pyridine rings is 1. The third-order valence-corrected chi connectivity index (χ3v) is 7.11. The van der Waals surface area contributed by atoms with E-state index < -0.39 is 0 Å². The van der Waals surface area contributed by atoms with Gasteiger partial charge in [-0.2, -0.15) is 0 Å². The summed E-state index contributed by atoms with van der Waals surface area (Å²) in [6.07, 6.45) is 1.87. The molecule has 0 aliphatic carbocycles. The summed E-state index contributed by atoms with van der Waals surface area (Å²) in [6.45, 7) is 10.1. The van der Waals surface area contributed by atoms with Crippen LogP contribution in [0.2, 0.25) is 0 Å².